The van der Waals surface area contributed by atoms with Crippen LogP contribution in [0.2, 0.25) is 0 Å². The molecule has 35 heavy (non-hydrogen) atoms. The summed E-state index contributed by atoms with van der Waals surface area (Å²) in [5.41, 5.74) is 2.84. The maximum atomic E-state index is 13.7. The fourth-order valence-corrected chi connectivity index (χ4v) is 4.48. The zero-order chi connectivity index (χ0) is 25.2. The van der Waals surface area contributed by atoms with E-state index in [1.54, 1.807) is 4.57 Å². The lowest BCUT2D eigenvalue weighted by molar-refractivity contribution is 1.18. The lowest BCUT2D eigenvalue weighted by Gasteiger charge is -2.26. The van der Waals surface area contributed by atoms with Crippen molar-refractivity contribution in [3.05, 3.63) is 64.8 Å². The number of fused-ring (bicyclic) bond motifs is 2. The Bertz CT molecular complexity index is 1640. The molecule has 1 aromatic heterocycles. The van der Waals surface area contributed by atoms with Gasteiger partial charge in [0.1, 0.15) is 62.8 Å². The first kappa shape index (κ1) is 23.6. The van der Waals surface area contributed by atoms with E-state index >= 15 is 0 Å². The Morgan fingerprint density at radius 1 is 0.457 bits per heavy atom. The second kappa shape index (κ2) is 8.52. The molecule has 0 bridgehead atoms. The SMILES string of the molecule is [B]c1c([B])c([B])c2c(c1[B])c(=O)c1c([B])c([B])c([B])c([B])c1n2-c1ccc(-c2ccccc2)cc1. The minimum atomic E-state index is -0.529. The van der Waals surface area contributed by atoms with Crippen molar-refractivity contribution < 1.29 is 0 Å². The van der Waals surface area contributed by atoms with Crippen molar-refractivity contribution >= 4 is 128 Å². The lowest BCUT2D eigenvalue weighted by Crippen LogP contribution is -2.52. The highest BCUT2D eigenvalue weighted by Crippen LogP contribution is 2.24. The summed E-state index contributed by atoms with van der Waals surface area (Å²) >= 11 is 0. The maximum Gasteiger partial charge on any atom is 0.195 e. The van der Waals surface area contributed by atoms with Crippen LogP contribution in [0.25, 0.3) is 38.6 Å². The summed E-state index contributed by atoms with van der Waals surface area (Å²) in [7, 11) is 49.9. The molecule has 4 aromatic carbocycles. The molecule has 144 valence electrons. The Morgan fingerprint density at radius 2 is 0.857 bits per heavy atom. The Labute approximate surface area is 214 Å². The summed E-state index contributed by atoms with van der Waals surface area (Å²) in [5.74, 6) is 0. The van der Waals surface area contributed by atoms with E-state index in [0.717, 1.165) is 11.1 Å². The van der Waals surface area contributed by atoms with Gasteiger partial charge in [0, 0.05) is 27.5 Å². The van der Waals surface area contributed by atoms with Crippen LogP contribution in [0.5, 0.6) is 0 Å². The summed E-state index contributed by atoms with van der Waals surface area (Å²) in [5, 5.41) is 0.119. The minimum absolute atomic E-state index is 0.00684. The van der Waals surface area contributed by atoms with E-state index in [2.05, 4.69) is 0 Å². The Kier molecular flexibility index (Phi) is 5.74. The first-order valence-electron chi connectivity index (χ1n) is 10.7. The zero-order valence-electron chi connectivity index (χ0n) is 18.7. The maximum absolute atomic E-state index is 13.7. The topological polar surface area (TPSA) is 22.0 Å². The van der Waals surface area contributed by atoms with Gasteiger partial charge in [-0.15, -0.1) is 21.9 Å². The Morgan fingerprint density at radius 3 is 1.31 bits per heavy atom. The van der Waals surface area contributed by atoms with Crippen molar-refractivity contribution in [3.8, 4) is 16.8 Å². The molecule has 0 aliphatic rings. The van der Waals surface area contributed by atoms with Gasteiger partial charge in [-0.05, 0) is 23.3 Å². The van der Waals surface area contributed by atoms with E-state index in [-0.39, 0.29) is 65.5 Å². The van der Waals surface area contributed by atoms with Gasteiger partial charge in [0.2, 0.25) is 0 Å². The fraction of sp³-hybridized carbons (Fsp3) is 0. The number of rotatable bonds is 2. The monoisotopic (exact) mass is 427 g/mol. The van der Waals surface area contributed by atoms with E-state index in [0.29, 0.717) is 5.69 Å². The molecule has 0 N–H and O–H groups in total. The van der Waals surface area contributed by atoms with Gasteiger partial charge in [0.15, 0.2) is 5.43 Å². The zero-order valence-corrected chi connectivity index (χ0v) is 18.7. The van der Waals surface area contributed by atoms with Crippen LogP contribution < -0.4 is 49.1 Å². The van der Waals surface area contributed by atoms with Gasteiger partial charge in [-0.2, -0.15) is 0 Å². The lowest BCUT2D eigenvalue weighted by atomic mass is 9.63. The molecule has 2 nitrogen and oxygen atoms in total. The highest BCUT2D eigenvalue weighted by Gasteiger charge is 2.21. The largest absolute Gasteiger partial charge is 0.310 e. The van der Waals surface area contributed by atoms with Crippen LogP contribution in [0.15, 0.2) is 59.4 Å². The molecule has 5 aromatic rings. The van der Waals surface area contributed by atoms with Crippen LogP contribution in [-0.4, -0.2) is 67.3 Å². The van der Waals surface area contributed by atoms with Crippen molar-refractivity contribution in [1.29, 1.82) is 0 Å². The first-order valence-corrected chi connectivity index (χ1v) is 10.7. The van der Waals surface area contributed by atoms with Crippen molar-refractivity contribution in [2.45, 2.75) is 0 Å². The third-order valence-corrected chi connectivity index (χ3v) is 6.40. The minimum Gasteiger partial charge on any atom is -0.310 e. The molecule has 0 fully saturated rings. The summed E-state index contributed by atoms with van der Waals surface area (Å²) in [4.78, 5) is 13.7. The highest BCUT2D eigenvalue weighted by molar-refractivity contribution is 6.68. The van der Waals surface area contributed by atoms with Crippen molar-refractivity contribution in [1.82, 2.24) is 4.57 Å². The van der Waals surface area contributed by atoms with Crippen LogP contribution in [0.4, 0.5) is 0 Å². The number of aromatic nitrogens is 1. The molecule has 0 aliphatic carbocycles. The molecule has 10 heteroatoms. The molecule has 0 spiro atoms. The second-order valence-electron chi connectivity index (χ2n) is 8.33. The average Bonchev–Trinajstić information content (AvgIpc) is 2.88. The highest BCUT2D eigenvalue weighted by atomic mass is 16.1. The van der Waals surface area contributed by atoms with Crippen molar-refractivity contribution in [3.63, 3.8) is 0 Å². The quantitative estimate of drug-likeness (QED) is 0.210. The predicted octanol–water partition coefficient (Wildman–Crippen LogP) is -3.84. The van der Waals surface area contributed by atoms with E-state index < -0.39 is 5.43 Å². The number of pyridine rings is 1. The van der Waals surface area contributed by atoms with Crippen LogP contribution in [0, 0.1) is 0 Å². The number of hydrogen-bond donors (Lipinski definition) is 0. The van der Waals surface area contributed by atoms with Crippen molar-refractivity contribution in [2.24, 2.45) is 0 Å². The van der Waals surface area contributed by atoms with Gasteiger partial charge in [0.25, 0.3) is 0 Å². The van der Waals surface area contributed by atoms with Gasteiger partial charge in [0.05, 0.1) is 0 Å². The molecule has 0 saturated carbocycles. The molecule has 0 aliphatic heterocycles. The summed E-state index contributed by atoms with van der Waals surface area (Å²) in [6.45, 7) is 0. The summed E-state index contributed by atoms with van der Waals surface area (Å²) in [6.07, 6.45) is 0. The predicted molar refractivity (Wildman–Crippen MR) is 156 cm³/mol. The van der Waals surface area contributed by atoms with E-state index in [4.69, 9.17) is 62.8 Å². The van der Waals surface area contributed by atoms with Crippen LogP contribution in [-0.2, 0) is 0 Å². The summed E-state index contributed by atoms with van der Waals surface area (Å²) < 4.78 is 1.67. The average molecular weight is 426 g/mol. The molecular weight excluding hydrogens is 417 g/mol. The van der Waals surface area contributed by atoms with Gasteiger partial charge < -0.3 is 4.57 Å². The first-order chi connectivity index (χ1) is 16.6. The van der Waals surface area contributed by atoms with Gasteiger partial charge in [-0.25, -0.2) is 0 Å². The van der Waals surface area contributed by atoms with Crippen molar-refractivity contribution in [2.75, 3.05) is 0 Å². The number of benzene rings is 4. The second-order valence-corrected chi connectivity index (χ2v) is 8.33. The molecule has 0 atom stereocenters. The standard InChI is InChI=1S/C25H9B8NO/c26-15-13-23(21(32)19(30)17(15)28)34(12-8-6-11(7-9-12)10-4-2-1-3-5-10)24-14(25(13)35)16(27)18(29)20(31)22(24)33/h1-9H. The molecule has 16 radical (unpaired) electrons. The van der Waals surface area contributed by atoms with Gasteiger partial charge in [-0.3, -0.25) is 4.79 Å². The van der Waals surface area contributed by atoms with Crippen LogP contribution in [0.3, 0.4) is 0 Å². The van der Waals surface area contributed by atoms with Crippen LogP contribution in [0.1, 0.15) is 0 Å². The molecule has 0 saturated heterocycles. The smallest absolute Gasteiger partial charge is 0.195 e. The van der Waals surface area contributed by atoms with E-state index in [1.807, 2.05) is 54.6 Å². The number of hydrogen-bond acceptors (Lipinski definition) is 1. The number of nitrogens with zero attached hydrogens (tertiary/aromatic N) is 1. The van der Waals surface area contributed by atoms with E-state index in [1.165, 1.54) is 0 Å². The normalized spacial score (nSPS) is 11.3. The molecular formula is C25H9B8NO. The van der Waals surface area contributed by atoms with Gasteiger partial charge >= 0.3 is 0 Å². The third-order valence-electron chi connectivity index (χ3n) is 6.40. The molecule has 1 heterocycles. The molecule has 5 rings (SSSR count). The summed E-state index contributed by atoms with van der Waals surface area (Å²) in [6, 6.07) is 17.4. The Hall–Kier alpha value is -3.13. The van der Waals surface area contributed by atoms with Gasteiger partial charge in [-0.1, -0.05) is 64.3 Å². The molecule has 0 unspecified atom stereocenters. The third kappa shape index (κ3) is 3.41. The van der Waals surface area contributed by atoms with E-state index in [9.17, 15) is 4.79 Å². The van der Waals surface area contributed by atoms with Crippen LogP contribution >= 0.6 is 0 Å². The molecule has 0 amide bonds. The Balaban J connectivity index is 2.01. The fourth-order valence-electron chi connectivity index (χ4n) is 4.48.